The predicted molar refractivity (Wildman–Crippen MR) is 128 cm³/mol. The first kappa shape index (κ1) is 23.2. The summed E-state index contributed by atoms with van der Waals surface area (Å²) in [6, 6.07) is 16.2. The Kier molecular flexibility index (Phi) is 6.45. The summed E-state index contributed by atoms with van der Waals surface area (Å²) in [4.78, 5) is 19.3. The first-order valence-electron chi connectivity index (χ1n) is 11.5. The Morgan fingerprint density at radius 3 is 2.61 bits per heavy atom. The van der Waals surface area contributed by atoms with E-state index in [1.165, 1.54) is 12.4 Å². The summed E-state index contributed by atoms with van der Waals surface area (Å²) in [5.41, 5.74) is -0.249. The van der Waals surface area contributed by atoms with Crippen LogP contribution in [0.3, 0.4) is 0 Å². The van der Waals surface area contributed by atoms with Crippen molar-refractivity contribution < 1.29 is 13.5 Å². The highest BCUT2D eigenvalue weighted by Crippen LogP contribution is 2.27. The molecule has 5 rings (SSSR count). The van der Waals surface area contributed by atoms with E-state index in [1.54, 1.807) is 36.5 Å². The zero-order chi connectivity index (χ0) is 25.1. The molecule has 1 aliphatic heterocycles. The summed E-state index contributed by atoms with van der Waals surface area (Å²) in [5.74, 6) is 0.453. The Morgan fingerprint density at radius 2 is 1.86 bits per heavy atom. The van der Waals surface area contributed by atoms with Crippen LogP contribution in [0.4, 0.5) is 14.6 Å². The van der Waals surface area contributed by atoms with E-state index >= 15 is 0 Å². The summed E-state index contributed by atoms with van der Waals surface area (Å²) >= 11 is 0. The molecule has 4 aromatic rings. The first-order valence-corrected chi connectivity index (χ1v) is 11.5. The van der Waals surface area contributed by atoms with Crippen molar-refractivity contribution in [3.8, 4) is 23.3 Å². The number of piperidine rings is 1. The SMILES string of the molecule is N#CC1CCCN(c2cc(Oc3ccc(-n4ncn(Cc5c(F)cccc5F)c4=O)cc3)ccn2)C1. The molecule has 0 radical (unpaired) electrons. The van der Waals surface area contributed by atoms with Crippen LogP contribution >= 0.6 is 0 Å². The fourth-order valence-electron chi connectivity index (χ4n) is 4.19. The molecule has 0 spiro atoms. The molecule has 0 saturated carbocycles. The Morgan fingerprint density at radius 1 is 1.08 bits per heavy atom. The molecule has 2 aromatic heterocycles. The summed E-state index contributed by atoms with van der Waals surface area (Å²) in [6.07, 6.45) is 4.75. The van der Waals surface area contributed by atoms with Gasteiger partial charge in [0.2, 0.25) is 0 Å². The molecule has 0 amide bonds. The summed E-state index contributed by atoms with van der Waals surface area (Å²) in [5, 5.41) is 13.3. The summed E-state index contributed by atoms with van der Waals surface area (Å²) < 4.78 is 36.2. The predicted octanol–water partition coefficient (Wildman–Crippen LogP) is 4.29. The number of rotatable bonds is 6. The molecule has 36 heavy (non-hydrogen) atoms. The number of nitriles is 1. The fraction of sp³-hybridized carbons (Fsp3) is 0.231. The molecule has 1 atom stereocenters. The number of halogens is 2. The van der Waals surface area contributed by atoms with Gasteiger partial charge in [-0.1, -0.05) is 6.07 Å². The van der Waals surface area contributed by atoms with E-state index in [4.69, 9.17) is 4.74 Å². The Bertz CT molecular complexity index is 1450. The molecule has 0 bridgehead atoms. The van der Waals surface area contributed by atoms with E-state index in [2.05, 4.69) is 21.1 Å². The number of ether oxygens (including phenoxy) is 1. The maximum atomic E-state index is 14.0. The van der Waals surface area contributed by atoms with Gasteiger partial charge in [-0.3, -0.25) is 4.57 Å². The van der Waals surface area contributed by atoms with E-state index in [0.717, 1.165) is 46.6 Å². The number of benzene rings is 2. The van der Waals surface area contributed by atoms with Gasteiger partial charge >= 0.3 is 5.69 Å². The third-order valence-electron chi connectivity index (χ3n) is 6.09. The van der Waals surface area contributed by atoms with Crippen LogP contribution in [-0.2, 0) is 6.54 Å². The zero-order valence-corrected chi connectivity index (χ0v) is 19.2. The lowest BCUT2D eigenvalue weighted by Gasteiger charge is -2.30. The third-order valence-corrected chi connectivity index (χ3v) is 6.09. The lowest BCUT2D eigenvalue weighted by molar-refractivity contribution is 0.475. The third kappa shape index (κ3) is 4.81. The van der Waals surface area contributed by atoms with Gasteiger partial charge < -0.3 is 9.64 Å². The monoisotopic (exact) mass is 488 g/mol. The van der Waals surface area contributed by atoms with Crippen molar-refractivity contribution in [2.75, 3.05) is 18.0 Å². The standard InChI is InChI=1S/C26H22F2N6O2/c27-23-4-1-5-24(28)22(23)16-33-17-31-34(26(33)35)19-6-8-20(9-7-19)36-21-10-11-30-25(13-21)32-12-2-3-18(14-29)15-32/h1,4-11,13,17-18H,2-3,12,15-16H2. The maximum absolute atomic E-state index is 14.0. The van der Waals surface area contributed by atoms with Gasteiger partial charge in [0, 0.05) is 30.9 Å². The van der Waals surface area contributed by atoms with Crippen LogP contribution in [-0.4, -0.2) is 32.4 Å². The van der Waals surface area contributed by atoms with Gasteiger partial charge in [0.1, 0.15) is 35.3 Å². The number of hydrogen-bond acceptors (Lipinski definition) is 6. The number of pyridine rings is 1. The van der Waals surface area contributed by atoms with Crippen molar-refractivity contribution in [2.45, 2.75) is 19.4 Å². The van der Waals surface area contributed by atoms with Gasteiger partial charge in [0.25, 0.3) is 0 Å². The average molecular weight is 488 g/mol. The molecular weight excluding hydrogens is 466 g/mol. The van der Waals surface area contributed by atoms with Crippen LogP contribution in [0.15, 0.2) is 71.9 Å². The first-order chi connectivity index (χ1) is 17.5. The van der Waals surface area contributed by atoms with Crippen LogP contribution in [0.25, 0.3) is 5.69 Å². The molecule has 3 heterocycles. The molecule has 2 aromatic carbocycles. The minimum Gasteiger partial charge on any atom is -0.457 e. The number of hydrogen-bond donors (Lipinski definition) is 0. The van der Waals surface area contributed by atoms with Gasteiger partial charge in [-0.2, -0.15) is 15.0 Å². The highest BCUT2D eigenvalue weighted by atomic mass is 19.1. The number of anilines is 1. The Balaban J connectivity index is 1.30. The van der Waals surface area contributed by atoms with Crippen LogP contribution in [0.1, 0.15) is 18.4 Å². The molecule has 10 heteroatoms. The second kappa shape index (κ2) is 10.00. The second-order valence-electron chi connectivity index (χ2n) is 8.51. The van der Waals surface area contributed by atoms with Crippen LogP contribution in [0, 0.1) is 28.9 Å². The van der Waals surface area contributed by atoms with Crippen LogP contribution in [0.5, 0.6) is 11.5 Å². The molecule has 1 aliphatic rings. The molecule has 182 valence electrons. The van der Waals surface area contributed by atoms with E-state index in [9.17, 15) is 18.8 Å². The van der Waals surface area contributed by atoms with Crippen molar-refractivity contribution in [1.29, 1.82) is 5.26 Å². The van der Waals surface area contributed by atoms with Crippen molar-refractivity contribution in [3.05, 3.63) is 94.8 Å². The average Bonchev–Trinajstić information content (AvgIpc) is 3.27. The normalized spacial score (nSPS) is 15.5. The topological polar surface area (TPSA) is 89.0 Å². The van der Waals surface area contributed by atoms with E-state index < -0.39 is 17.3 Å². The molecule has 1 fully saturated rings. The van der Waals surface area contributed by atoms with Crippen LogP contribution in [0.2, 0.25) is 0 Å². The summed E-state index contributed by atoms with van der Waals surface area (Å²) in [6.45, 7) is 1.22. The van der Waals surface area contributed by atoms with Gasteiger partial charge in [0.05, 0.1) is 24.2 Å². The van der Waals surface area contributed by atoms with E-state index in [1.807, 2.05) is 6.07 Å². The Labute approximate surface area is 205 Å². The quantitative estimate of drug-likeness (QED) is 0.402. The van der Waals surface area contributed by atoms with Crippen molar-refractivity contribution >= 4 is 5.82 Å². The minimum atomic E-state index is -0.722. The summed E-state index contributed by atoms with van der Waals surface area (Å²) in [7, 11) is 0. The molecule has 1 unspecified atom stereocenters. The van der Waals surface area contributed by atoms with Crippen molar-refractivity contribution in [1.82, 2.24) is 19.3 Å². The van der Waals surface area contributed by atoms with Crippen molar-refractivity contribution in [2.24, 2.45) is 5.92 Å². The number of aromatic nitrogens is 4. The molecule has 0 N–H and O–H groups in total. The smallest absolute Gasteiger partial charge is 0.350 e. The van der Waals surface area contributed by atoms with Gasteiger partial charge in [-0.05, 0) is 55.3 Å². The number of nitrogens with zero attached hydrogens (tertiary/aromatic N) is 6. The van der Waals surface area contributed by atoms with Gasteiger partial charge in [0.15, 0.2) is 0 Å². The minimum absolute atomic E-state index is 0.00436. The van der Waals surface area contributed by atoms with Crippen molar-refractivity contribution in [3.63, 3.8) is 0 Å². The lowest BCUT2D eigenvalue weighted by atomic mass is 10.00. The molecule has 0 aliphatic carbocycles. The fourth-order valence-corrected chi connectivity index (χ4v) is 4.19. The molecular formula is C26H22F2N6O2. The lowest BCUT2D eigenvalue weighted by Crippen LogP contribution is -2.35. The molecule has 1 saturated heterocycles. The largest absolute Gasteiger partial charge is 0.457 e. The van der Waals surface area contributed by atoms with Crippen LogP contribution < -0.4 is 15.3 Å². The van der Waals surface area contributed by atoms with Gasteiger partial charge in [-0.25, -0.2) is 18.6 Å². The maximum Gasteiger partial charge on any atom is 0.350 e. The second-order valence-corrected chi connectivity index (χ2v) is 8.51. The zero-order valence-electron chi connectivity index (χ0n) is 19.2. The van der Waals surface area contributed by atoms with E-state index in [0.29, 0.717) is 23.7 Å². The van der Waals surface area contributed by atoms with E-state index in [-0.39, 0.29) is 18.0 Å². The Hall–Kier alpha value is -4.52. The highest BCUT2D eigenvalue weighted by molar-refractivity contribution is 5.46. The molecule has 8 nitrogen and oxygen atoms in total. The highest BCUT2D eigenvalue weighted by Gasteiger charge is 2.21. The van der Waals surface area contributed by atoms with Gasteiger partial charge in [-0.15, -0.1) is 0 Å².